The second-order valence-corrected chi connectivity index (χ2v) is 8.43. The number of nitrogens with two attached hydrogens (primary N) is 1. The summed E-state index contributed by atoms with van der Waals surface area (Å²) in [6.45, 7) is 0.616. The van der Waals surface area contributed by atoms with Crippen LogP contribution in [-0.4, -0.2) is 87.9 Å². The van der Waals surface area contributed by atoms with E-state index in [4.69, 9.17) is 10.8 Å². The number of rotatable bonds is 14. The topological polar surface area (TPSA) is 191 Å². The Bertz CT molecular complexity index is 794. The molecule has 11 nitrogen and oxygen atoms in total. The van der Waals surface area contributed by atoms with Gasteiger partial charge in [-0.2, -0.15) is 11.8 Å². The van der Waals surface area contributed by atoms with Gasteiger partial charge >= 0.3 is 5.97 Å². The number of benzene rings is 1. The highest BCUT2D eigenvalue weighted by atomic mass is 32.2. The summed E-state index contributed by atoms with van der Waals surface area (Å²) in [5, 5.41) is 35.3. The van der Waals surface area contributed by atoms with Crippen molar-refractivity contribution < 1.29 is 34.5 Å². The van der Waals surface area contributed by atoms with Crippen molar-refractivity contribution in [2.24, 2.45) is 5.73 Å². The molecule has 5 atom stereocenters. The molecular formula is C21H32N4O7S. The fourth-order valence-corrected chi connectivity index (χ4v) is 3.31. The van der Waals surface area contributed by atoms with E-state index in [1.807, 2.05) is 0 Å². The van der Waals surface area contributed by atoms with E-state index >= 15 is 0 Å². The van der Waals surface area contributed by atoms with Gasteiger partial charge < -0.3 is 37.0 Å². The first-order chi connectivity index (χ1) is 15.6. The number of hydrogen-bond acceptors (Lipinski definition) is 8. The smallest absolute Gasteiger partial charge is 0.328 e. The van der Waals surface area contributed by atoms with E-state index in [1.165, 1.54) is 18.7 Å². The standard InChI is InChI=1S/C21H32N4O7S/c1-12(27)17(21(31)32)25-19(29)15(8-9-33-2)23-20(30)16(24-18(28)14(22)11-26)10-13-6-4-3-5-7-13/h3-7,12,14-17,26-27H,8-11,22H2,1-2H3,(H,23,30)(H,24,28)(H,25,29)(H,31,32). The molecule has 0 fully saturated rings. The number of carbonyl (C=O) groups is 4. The van der Waals surface area contributed by atoms with Gasteiger partial charge in [0.2, 0.25) is 17.7 Å². The van der Waals surface area contributed by atoms with E-state index in [0.717, 1.165) is 5.56 Å². The second-order valence-electron chi connectivity index (χ2n) is 7.45. The Kier molecular flexibility index (Phi) is 12.4. The van der Waals surface area contributed by atoms with Crippen LogP contribution < -0.4 is 21.7 Å². The molecule has 33 heavy (non-hydrogen) atoms. The summed E-state index contributed by atoms with van der Waals surface area (Å²) < 4.78 is 0. The van der Waals surface area contributed by atoms with Crippen LogP contribution in [0.3, 0.4) is 0 Å². The van der Waals surface area contributed by atoms with Crippen LogP contribution in [0, 0.1) is 0 Å². The van der Waals surface area contributed by atoms with E-state index in [0.29, 0.717) is 5.75 Å². The van der Waals surface area contributed by atoms with E-state index in [2.05, 4.69) is 16.0 Å². The van der Waals surface area contributed by atoms with Gasteiger partial charge in [0.1, 0.15) is 18.1 Å². The summed E-state index contributed by atoms with van der Waals surface area (Å²) in [6.07, 6.45) is 0.737. The molecule has 12 heteroatoms. The minimum absolute atomic E-state index is 0.0961. The molecular weight excluding hydrogens is 452 g/mol. The van der Waals surface area contributed by atoms with Crippen LogP contribution in [0.1, 0.15) is 18.9 Å². The molecule has 0 bridgehead atoms. The highest BCUT2D eigenvalue weighted by molar-refractivity contribution is 7.98. The van der Waals surface area contributed by atoms with Crippen molar-refractivity contribution >= 4 is 35.5 Å². The maximum atomic E-state index is 13.0. The molecule has 0 saturated carbocycles. The molecule has 1 rings (SSSR count). The number of carboxylic acid groups (broad SMARTS) is 1. The summed E-state index contributed by atoms with van der Waals surface area (Å²) in [5.41, 5.74) is 6.28. The van der Waals surface area contributed by atoms with Crippen LogP contribution in [-0.2, 0) is 25.6 Å². The predicted octanol–water partition coefficient (Wildman–Crippen LogP) is -1.78. The van der Waals surface area contributed by atoms with E-state index in [9.17, 15) is 29.4 Å². The van der Waals surface area contributed by atoms with Crippen molar-refractivity contribution in [2.45, 2.75) is 50.0 Å². The monoisotopic (exact) mass is 484 g/mol. The first-order valence-electron chi connectivity index (χ1n) is 10.3. The van der Waals surface area contributed by atoms with Crippen molar-refractivity contribution in [3.63, 3.8) is 0 Å². The second kappa shape index (κ2) is 14.5. The predicted molar refractivity (Wildman–Crippen MR) is 123 cm³/mol. The first-order valence-corrected chi connectivity index (χ1v) is 11.7. The lowest BCUT2D eigenvalue weighted by Crippen LogP contribution is -2.59. The third-order valence-corrected chi connectivity index (χ3v) is 5.38. The van der Waals surface area contributed by atoms with E-state index in [-0.39, 0.29) is 12.8 Å². The quantitative estimate of drug-likeness (QED) is 0.160. The summed E-state index contributed by atoms with van der Waals surface area (Å²) in [7, 11) is 0. The Morgan fingerprint density at radius 1 is 1.00 bits per heavy atom. The van der Waals surface area contributed by atoms with Crippen LogP contribution in [0.15, 0.2) is 30.3 Å². The number of amides is 3. The van der Waals surface area contributed by atoms with Crippen LogP contribution >= 0.6 is 11.8 Å². The third kappa shape index (κ3) is 9.78. The lowest BCUT2D eigenvalue weighted by atomic mass is 10.0. The van der Waals surface area contributed by atoms with Crippen molar-refractivity contribution in [3.8, 4) is 0 Å². The molecule has 184 valence electrons. The van der Waals surface area contributed by atoms with Crippen LogP contribution in [0.5, 0.6) is 0 Å². The van der Waals surface area contributed by atoms with Gasteiger partial charge in [-0.25, -0.2) is 4.79 Å². The zero-order chi connectivity index (χ0) is 25.0. The number of aliphatic hydroxyl groups excluding tert-OH is 2. The van der Waals surface area contributed by atoms with Gasteiger partial charge in [-0.1, -0.05) is 30.3 Å². The number of carbonyl (C=O) groups excluding carboxylic acids is 3. The van der Waals surface area contributed by atoms with Gasteiger partial charge in [0.25, 0.3) is 0 Å². The Balaban J connectivity index is 3.05. The number of thioether (sulfide) groups is 1. The van der Waals surface area contributed by atoms with Gasteiger partial charge in [0.05, 0.1) is 12.7 Å². The zero-order valence-electron chi connectivity index (χ0n) is 18.6. The Morgan fingerprint density at radius 3 is 2.09 bits per heavy atom. The summed E-state index contributed by atoms with van der Waals surface area (Å²) >= 11 is 1.42. The van der Waals surface area contributed by atoms with Gasteiger partial charge in [-0.3, -0.25) is 14.4 Å². The fraction of sp³-hybridized carbons (Fsp3) is 0.524. The molecule has 0 aromatic heterocycles. The first kappa shape index (κ1) is 28.4. The maximum Gasteiger partial charge on any atom is 0.328 e. The fourth-order valence-electron chi connectivity index (χ4n) is 2.84. The molecule has 0 aliphatic rings. The average Bonchev–Trinajstić information content (AvgIpc) is 2.78. The maximum absolute atomic E-state index is 13.0. The highest BCUT2D eigenvalue weighted by Crippen LogP contribution is 2.07. The highest BCUT2D eigenvalue weighted by Gasteiger charge is 2.31. The number of aliphatic hydroxyl groups is 2. The molecule has 1 aromatic carbocycles. The number of carboxylic acids is 1. The minimum Gasteiger partial charge on any atom is -0.480 e. The number of hydrogen-bond donors (Lipinski definition) is 7. The van der Waals surface area contributed by atoms with Crippen molar-refractivity contribution in [1.29, 1.82) is 0 Å². The lowest BCUT2D eigenvalue weighted by Gasteiger charge is -2.25. The number of nitrogens with one attached hydrogen (secondary N) is 3. The molecule has 0 aliphatic carbocycles. The molecule has 3 amide bonds. The normalized spacial score (nSPS) is 15.4. The van der Waals surface area contributed by atoms with Crippen LogP contribution in [0.25, 0.3) is 0 Å². The molecule has 0 radical (unpaired) electrons. The molecule has 5 unspecified atom stereocenters. The molecule has 8 N–H and O–H groups in total. The summed E-state index contributed by atoms with van der Waals surface area (Å²) in [4.78, 5) is 49.3. The van der Waals surface area contributed by atoms with Crippen molar-refractivity contribution in [3.05, 3.63) is 35.9 Å². The van der Waals surface area contributed by atoms with Crippen LogP contribution in [0.4, 0.5) is 0 Å². The van der Waals surface area contributed by atoms with Gasteiger partial charge in [-0.15, -0.1) is 0 Å². The average molecular weight is 485 g/mol. The molecule has 1 aromatic rings. The Morgan fingerprint density at radius 2 is 1.58 bits per heavy atom. The lowest BCUT2D eigenvalue weighted by molar-refractivity contribution is -0.145. The minimum atomic E-state index is -1.55. The van der Waals surface area contributed by atoms with Crippen molar-refractivity contribution in [2.75, 3.05) is 18.6 Å². The molecule has 0 spiro atoms. The van der Waals surface area contributed by atoms with Crippen LogP contribution in [0.2, 0.25) is 0 Å². The Hall–Kier alpha value is -2.67. The summed E-state index contributed by atoms with van der Waals surface area (Å²) in [6, 6.07) is 3.87. The van der Waals surface area contributed by atoms with Crippen molar-refractivity contribution in [1.82, 2.24) is 16.0 Å². The van der Waals surface area contributed by atoms with E-state index < -0.39 is 60.6 Å². The third-order valence-electron chi connectivity index (χ3n) is 4.74. The number of aliphatic carboxylic acids is 1. The van der Waals surface area contributed by atoms with E-state index in [1.54, 1.807) is 36.6 Å². The summed E-state index contributed by atoms with van der Waals surface area (Å²) in [5.74, 6) is -3.13. The molecule has 0 saturated heterocycles. The van der Waals surface area contributed by atoms with Gasteiger partial charge in [0.15, 0.2) is 6.04 Å². The zero-order valence-corrected chi connectivity index (χ0v) is 19.4. The SMILES string of the molecule is CSCCC(NC(=O)C(Cc1ccccc1)NC(=O)C(N)CO)C(=O)NC(C(=O)O)C(C)O. The largest absolute Gasteiger partial charge is 0.480 e. The van der Waals surface area contributed by atoms with Gasteiger partial charge in [-0.05, 0) is 30.9 Å². The Labute approximate surface area is 196 Å². The molecule has 0 heterocycles. The van der Waals surface area contributed by atoms with Gasteiger partial charge in [0, 0.05) is 6.42 Å². The molecule has 0 aliphatic heterocycles.